The largest absolute Gasteiger partial charge is 0.443 e. The Balaban J connectivity index is 1.82. The van der Waals surface area contributed by atoms with Crippen LogP contribution in [0.5, 0.6) is 0 Å². The highest BCUT2D eigenvalue weighted by molar-refractivity contribution is 5.60. The summed E-state index contributed by atoms with van der Waals surface area (Å²) in [7, 11) is 0. The fourth-order valence-electron chi connectivity index (χ4n) is 2.23. The van der Waals surface area contributed by atoms with Crippen LogP contribution >= 0.6 is 0 Å². The van der Waals surface area contributed by atoms with Crippen LogP contribution in [-0.4, -0.2) is 11.5 Å². The lowest BCUT2D eigenvalue weighted by atomic mass is 10.0. The Bertz CT molecular complexity index is 512. The molecule has 2 N–H and O–H groups in total. The minimum atomic E-state index is 0.689. The fraction of sp³-hybridized carbons (Fsp3) is 0.400. The molecule has 94 valence electrons. The van der Waals surface area contributed by atoms with Gasteiger partial charge in [0.15, 0.2) is 12.2 Å². The van der Waals surface area contributed by atoms with Crippen LogP contribution in [0.3, 0.4) is 0 Å². The lowest BCUT2D eigenvalue weighted by Gasteiger charge is -2.03. The van der Waals surface area contributed by atoms with Crippen molar-refractivity contribution in [2.45, 2.75) is 25.7 Å². The summed E-state index contributed by atoms with van der Waals surface area (Å²) >= 11 is 0. The Morgan fingerprint density at radius 1 is 1.22 bits per heavy atom. The molecule has 1 aliphatic rings. The van der Waals surface area contributed by atoms with Gasteiger partial charge in [-0.05, 0) is 43.7 Å². The standard InChI is InChI=1S/C15H18N2O/c16-8-7-11-3-5-13(6-4-11)15-14(17-10-18-15)9-12-1-2-12/h3-6,10,12H,1-2,7-9,16H2. The predicted molar refractivity (Wildman–Crippen MR) is 71.1 cm³/mol. The summed E-state index contributed by atoms with van der Waals surface area (Å²) < 4.78 is 5.54. The van der Waals surface area contributed by atoms with Crippen molar-refractivity contribution in [2.24, 2.45) is 11.7 Å². The molecule has 0 radical (unpaired) electrons. The zero-order chi connectivity index (χ0) is 12.4. The molecule has 0 spiro atoms. The zero-order valence-electron chi connectivity index (χ0n) is 10.4. The van der Waals surface area contributed by atoms with E-state index in [-0.39, 0.29) is 0 Å². The number of benzene rings is 1. The molecule has 1 heterocycles. The van der Waals surface area contributed by atoms with Gasteiger partial charge in [0.1, 0.15) is 0 Å². The van der Waals surface area contributed by atoms with E-state index in [4.69, 9.17) is 10.2 Å². The Morgan fingerprint density at radius 3 is 2.67 bits per heavy atom. The van der Waals surface area contributed by atoms with E-state index in [0.717, 1.165) is 35.8 Å². The minimum absolute atomic E-state index is 0.689. The topological polar surface area (TPSA) is 52.0 Å². The molecule has 0 amide bonds. The Kier molecular flexibility index (Phi) is 3.15. The molecule has 2 aromatic rings. The fourth-order valence-corrected chi connectivity index (χ4v) is 2.23. The monoisotopic (exact) mass is 242 g/mol. The third-order valence-electron chi connectivity index (χ3n) is 3.47. The molecule has 3 rings (SSSR count). The number of hydrogen-bond donors (Lipinski definition) is 1. The highest BCUT2D eigenvalue weighted by atomic mass is 16.3. The van der Waals surface area contributed by atoms with Crippen molar-refractivity contribution in [2.75, 3.05) is 6.54 Å². The van der Waals surface area contributed by atoms with Crippen molar-refractivity contribution >= 4 is 0 Å². The molecule has 3 nitrogen and oxygen atoms in total. The second-order valence-corrected chi connectivity index (χ2v) is 5.01. The molecule has 1 saturated carbocycles. The first-order chi connectivity index (χ1) is 8.86. The molecular weight excluding hydrogens is 224 g/mol. The third-order valence-corrected chi connectivity index (χ3v) is 3.47. The van der Waals surface area contributed by atoms with Crippen molar-refractivity contribution in [1.82, 2.24) is 4.98 Å². The number of hydrogen-bond acceptors (Lipinski definition) is 3. The number of aromatic nitrogens is 1. The van der Waals surface area contributed by atoms with Gasteiger partial charge in [0.25, 0.3) is 0 Å². The smallest absolute Gasteiger partial charge is 0.181 e. The molecule has 1 fully saturated rings. The van der Waals surface area contributed by atoms with Gasteiger partial charge in [-0.1, -0.05) is 24.3 Å². The molecule has 0 saturated heterocycles. The summed E-state index contributed by atoms with van der Waals surface area (Å²) in [6, 6.07) is 8.43. The van der Waals surface area contributed by atoms with Crippen LogP contribution in [0.1, 0.15) is 24.1 Å². The maximum absolute atomic E-state index is 5.55. The lowest BCUT2D eigenvalue weighted by molar-refractivity contribution is 0.570. The van der Waals surface area contributed by atoms with Gasteiger partial charge in [0.05, 0.1) is 5.69 Å². The van der Waals surface area contributed by atoms with Crippen LogP contribution in [0.2, 0.25) is 0 Å². The van der Waals surface area contributed by atoms with E-state index >= 15 is 0 Å². The van der Waals surface area contributed by atoms with E-state index in [9.17, 15) is 0 Å². The Labute approximate surface area is 107 Å². The first kappa shape index (κ1) is 11.5. The van der Waals surface area contributed by atoms with Crippen LogP contribution in [0.25, 0.3) is 11.3 Å². The van der Waals surface area contributed by atoms with Crippen molar-refractivity contribution in [3.05, 3.63) is 41.9 Å². The summed E-state index contributed by atoms with van der Waals surface area (Å²) in [6.45, 7) is 0.689. The van der Waals surface area contributed by atoms with Gasteiger partial charge >= 0.3 is 0 Å². The Hall–Kier alpha value is -1.61. The van der Waals surface area contributed by atoms with Crippen molar-refractivity contribution in [3.63, 3.8) is 0 Å². The highest BCUT2D eigenvalue weighted by Gasteiger charge is 2.24. The van der Waals surface area contributed by atoms with Gasteiger partial charge < -0.3 is 10.2 Å². The van der Waals surface area contributed by atoms with E-state index in [2.05, 4.69) is 29.2 Å². The van der Waals surface area contributed by atoms with Crippen LogP contribution < -0.4 is 5.73 Å². The number of rotatable bonds is 5. The van der Waals surface area contributed by atoms with Crippen LogP contribution in [0.15, 0.2) is 35.1 Å². The SMILES string of the molecule is NCCc1ccc(-c2ocnc2CC2CC2)cc1. The van der Waals surface area contributed by atoms with Crippen LogP contribution in [0.4, 0.5) is 0 Å². The second-order valence-electron chi connectivity index (χ2n) is 5.01. The molecule has 0 atom stereocenters. The molecule has 0 unspecified atom stereocenters. The summed E-state index contributed by atoms with van der Waals surface area (Å²) in [4.78, 5) is 4.34. The summed E-state index contributed by atoms with van der Waals surface area (Å²) in [5.74, 6) is 1.76. The van der Waals surface area contributed by atoms with Gasteiger partial charge in [0.2, 0.25) is 0 Å². The minimum Gasteiger partial charge on any atom is -0.443 e. The molecule has 1 aliphatic carbocycles. The molecule has 0 bridgehead atoms. The molecule has 18 heavy (non-hydrogen) atoms. The Morgan fingerprint density at radius 2 is 2.00 bits per heavy atom. The zero-order valence-corrected chi connectivity index (χ0v) is 10.4. The molecular formula is C15H18N2O. The van der Waals surface area contributed by atoms with Gasteiger partial charge in [-0.2, -0.15) is 0 Å². The van der Waals surface area contributed by atoms with Gasteiger partial charge in [-0.15, -0.1) is 0 Å². The van der Waals surface area contributed by atoms with E-state index < -0.39 is 0 Å². The van der Waals surface area contributed by atoms with E-state index in [1.165, 1.54) is 18.4 Å². The van der Waals surface area contributed by atoms with Crippen molar-refractivity contribution < 1.29 is 4.42 Å². The molecule has 1 aromatic carbocycles. The van der Waals surface area contributed by atoms with Crippen molar-refractivity contribution in [1.29, 1.82) is 0 Å². The van der Waals surface area contributed by atoms with Gasteiger partial charge in [-0.25, -0.2) is 4.98 Å². The van der Waals surface area contributed by atoms with E-state index in [0.29, 0.717) is 6.54 Å². The van der Waals surface area contributed by atoms with Crippen LogP contribution in [-0.2, 0) is 12.8 Å². The highest BCUT2D eigenvalue weighted by Crippen LogP contribution is 2.35. The number of oxazole rings is 1. The van der Waals surface area contributed by atoms with Gasteiger partial charge in [0, 0.05) is 5.56 Å². The number of nitrogens with zero attached hydrogens (tertiary/aromatic N) is 1. The quantitative estimate of drug-likeness (QED) is 0.877. The maximum Gasteiger partial charge on any atom is 0.181 e. The molecule has 3 heteroatoms. The average molecular weight is 242 g/mol. The van der Waals surface area contributed by atoms with E-state index in [1.807, 2.05) is 0 Å². The number of nitrogens with two attached hydrogens (primary N) is 1. The van der Waals surface area contributed by atoms with Gasteiger partial charge in [-0.3, -0.25) is 0 Å². The predicted octanol–water partition coefficient (Wildman–Crippen LogP) is 2.80. The lowest BCUT2D eigenvalue weighted by Crippen LogP contribution is -2.02. The van der Waals surface area contributed by atoms with Crippen LogP contribution in [0, 0.1) is 5.92 Å². The first-order valence-electron chi connectivity index (χ1n) is 6.58. The summed E-state index contributed by atoms with van der Waals surface area (Å²) in [6.07, 6.45) is 6.20. The van der Waals surface area contributed by atoms with E-state index in [1.54, 1.807) is 6.39 Å². The average Bonchev–Trinajstić information content (AvgIpc) is 3.08. The summed E-state index contributed by atoms with van der Waals surface area (Å²) in [5.41, 5.74) is 9.03. The second kappa shape index (κ2) is 4.94. The normalized spacial score (nSPS) is 14.9. The summed E-state index contributed by atoms with van der Waals surface area (Å²) in [5, 5.41) is 0. The van der Waals surface area contributed by atoms with Crippen molar-refractivity contribution in [3.8, 4) is 11.3 Å². The third kappa shape index (κ3) is 2.46. The first-order valence-corrected chi connectivity index (χ1v) is 6.58. The maximum atomic E-state index is 5.55. The molecule has 1 aromatic heterocycles. The molecule has 0 aliphatic heterocycles.